The predicted molar refractivity (Wildman–Crippen MR) is 104 cm³/mol. The summed E-state index contributed by atoms with van der Waals surface area (Å²) in [7, 11) is 0. The van der Waals surface area contributed by atoms with Crippen LogP contribution < -0.4 is 10.9 Å². The summed E-state index contributed by atoms with van der Waals surface area (Å²) in [4.78, 5) is 33.3. The fourth-order valence-corrected chi connectivity index (χ4v) is 3.10. The summed E-state index contributed by atoms with van der Waals surface area (Å²) < 4.78 is 2.85. The van der Waals surface area contributed by atoms with Gasteiger partial charge in [0.05, 0.1) is 17.8 Å². The van der Waals surface area contributed by atoms with Crippen LogP contribution in [0.2, 0.25) is 0 Å². The average molecular weight is 393 g/mol. The Morgan fingerprint density at radius 2 is 1.93 bits per heavy atom. The number of hydrogen-bond acceptors (Lipinski definition) is 7. The standard InChI is InChI=1S/C18H19N9O2/c1-4-14-10(2)19-18-21-17(23-27(18)16(14)29)20-15(28)9-12-5-7-13(8-6-12)26-11(3)22-24-25-26/h5-8H,4,9H2,1-3H3,(H2,19,20,21,23,28). The first-order valence-electron chi connectivity index (χ1n) is 9.08. The second-order valence-corrected chi connectivity index (χ2v) is 6.57. The van der Waals surface area contributed by atoms with Crippen LogP contribution in [0.4, 0.5) is 5.95 Å². The van der Waals surface area contributed by atoms with Gasteiger partial charge in [-0.25, -0.2) is 4.98 Å². The summed E-state index contributed by atoms with van der Waals surface area (Å²) in [6, 6.07) is 7.34. The lowest BCUT2D eigenvalue weighted by atomic mass is 10.1. The molecule has 0 aliphatic carbocycles. The van der Waals surface area contributed by atoms with Gasteiger partial charge in [-0.1, -0.05) is 19.1 Å². The van der Waals surface area contributed by atoms with Crippen LogP contribution in [0.25, 0.3) is 11.5 Å². The first-order valence-corrected chi connectivity index (χ1v) is 9.08. The molecule has 0 saturated carbocycles. The number of carbonyl (C=O) groups is 1. The van der Waals surface area contributed by atoms with Crippen molar-refractivity contribution in [3.63, 3.8) is 0 Å². The first kappa shape index (κ1) is 18.5. The Hall–Kier alpha value is -3.89. The molecule has 0 atom stereocenters. The van der Waals surface area contributed by atoms with E-state index in [-0.39, 0.29) is 29.6 Å². The maximum atomic E-state index is 12.4. The van der Waals surface area contributed by atoms with Crippen LogP contribution in [0.1, 0.15) is 29.6 Å². The molecular weight excluding hydrogens is 374 g/mol. The Morgan fingerprint density at radius 3 is 2.59 bits per heavy atom. The van der Waals surface area contributed by atoms with E-state index in [2.05, 4.69) is 35.9 Å². The van der Waals surface area contributed by atoms with Crippen molar-refractivity contribution in [1.29, 1.82) is 0 Å². The highest BCUT2D eigenvalue weighted by atomic mass is 16.2. The third kappa shape index (κ3) is 3.49. The fraction of sp³-hybridized carbons (Fsp3) is 0.278. The summed E-state index contributed by atoms with van der Waals surface area (Å²) in [6.45, 7) is 5.47. The van der Waals surface area contributed by atoms with Gasteiger partial charge in [-0.15, -0.1) is 5.10 Å². The van der Waals surface area contributed by atoms with Gasteiger partial charge in [-0.05, 0) is 48.4 Å². The van der Waals surface area contributed by atoms with Gasteiger partial charge in [0.2, 0.25) is 11.9 Å². The molecule has 3 heterocycles. The first-order chi connectivity index (χ1) is 14.0. The predicted octanol–water partition coefficient (Wildman–Crippen LogP) is 0.754. The summed E-state index contributed by atoms with van der Waals surface area (Å²) >= 11 is 0. The van der Waals surface area contributed by atoms with Gasteiger partial charge in [0, 0.05) is 5.56 Å². The summed E-state index contributed by atoms with van der Waals surface area (Å²) in [5.74, 6) is 0.802. The number of H-pyrrole nitrogens is 1. The third-order valence-electron chi connectivity index (χ3n) is 4.58. The number of nitrogens with one attached hydrogen (secondary N) is 2. The highest BCUT2D eigenvalue weighted by Crippen LogP contribution is 2.11. The van der Waals surface area contributed by atoms with Crippen molar-refractivity contribution in [1.82, 2.24) is 39.8 Å². The molecule has 2 N–H and O–H groups in total. The minimum Gasteiger partial charge on any atom is -0.295 e. The zero-order valence-electron chi connectivity index (χ0n) is 16.2. The lowest BCUT2D eigenvalue weighted by Gasteiger charge is -2.05. The second kappa shape index (κ2) is 7.26. The van der Waals surface area contributed by atoms with E-state index >= 15 is 0 Å². The maximum absolute atomic E-state index is 12.4. The van der Waals surface area contributed by atoms with E-state index in [1.165, 1.54) is 4.52 Å². The lowest BCUT2D eigenvalue weighted by molar-refractivity contribution is -0.115. The van der Waals surface area contributed by atoms with Crippen LogP contribution >= 0.6 is 0 Å². The molecule has 29 heavy (non-hydrogen) atoms. The molecule has 11 nitrogen and oxygen atoms in total. The third-order valence-corrected chi connectivity index (χ3v) is 4.58. The van der Waals surface area contributed by atoms with Crippen LogP contribution in [0.15, 0.2) is 29.1 Å². The average Bonchev–Trinajstić information content (AvgIpc) is 3.28. The quantitative estimate of drug-likeness (QED) is 0.511. The number of hydrogen-bond donors (Lipinski definition) is 2. The zero-order valence-corrected chi connectivity index (χ0v) is 16.2. The minimum absolute atomic E-state index is 0.146. The number of aromatic amines is 1. The molecule has 1 amide bonds. The van der Waals surface area contributed by atoms with Crippen LogP contribution in [-0.2, 0) is 17.6 Å². The van der Waals surface area contributed by atoms with Crippen molar-refractivity contribution in [2.75, 3.05) is 5.32 Å². The monoisotopic (exact) mass is 393 g/mol. The van der Waals surface area contributed by atoms with E-state index in [4.69, 9.17) is 0 Å². The van der Waals surface area contributed by atoms with Gasteiger partial charge < -0.3 is 0 Å². The van der Waals surface area contributed by atoms with Crippen molar-refractivity contribution in [2.45, 2.75) is 33.6 Å². The van der Waals surface area contributed by atoms with E-state index in [1.54, 1.807) is 18.5 Å². The van der Waals surface area contributed by atoms with E-state index < -0.39 is 0 Å². The Bertz CT molecular complexity index is 1250. The fourth-order valence-electron chi connectivity index (χ4n) is 3.10. The molecule has 4 aromatic rings. The van der Waals surface area contributed by atoms with Crippen molar-refractivity contribution in [3.05, 3.63) is 57.3 Å². The van der Waals surface area contributed by atoms with Gasteiger partial charge in [0.15, 0.2) is 5.82 Å². The molecule has 0 unspecified atom stereocenters. The number of nitrogens with zero attached hydrogens (tertiary/aromatic N) is 7. The topological polar surface area (TPSA) is 136 Å². The van der Waals surface area contributed by atoms with Crippen LogP contribution in [0, 0.1) is 13.8 Å². The molecule has 0 saturated heterocycles. The van der Waals surface area contributed by atoms with Gasteiger partial charge in [0.25, 0.3) is 11.3 Å². The molecule has 0 aliphatic rings. The maximum Gasteiger partial charge on any atom is 0.277 e. The highest BCUT2D eigenvalue weighted by Gasteiger charge is 2.14. The number of carbonyl (C=O) groups excluding carboxylic acids is 1. The number of benzene rings is 1. The van der Waals surface area contributed by atoms with E-state index in [0.29, 0.717) is 23.5 Å². The van der Waals surface area contributed by atoms with Gasteiger partial charge in [-0.3, -0.25) is 20.0 Å². The second-order valence-electron chi connectivity index (χ2n) is 6.57. The van der Waals surface area contributed by atoms with Crippen LogP contribution in [-0.4, -0.2) is 45.7 Å². The molecule has 0 bridgehead atoms. The number of aromatic nitrogens is 8. The smallest absolute Gasteiger partial charge is 0.277 e. The number of tetrazole rings is 1. The Balaban J connectivity index is 1.49. The molecule has 11 heteroatoms. The van der Waals surface area contributed by atoms with Crippen molar-refractivity contribution >= 4 is 17.6 Å². The SMILES string of the molecule is CCc1c(C)nc2nc(NC(=O)Cc3ccc(-n4nnnc4C)cc3)[nH]n2c1=O. The summed E-state index contributed by atoms with van der Waals surface area (Å²) in [6.07, 6.45) is 0.717. The Labute approximate surface area is 164 Å². The molecule has 0 radical (unpaired) electrons. The molecule has 1 aromatic carbocycles. The highest BCUT2D eigenvalue weighted by molar-refractivity contribution is 5.90. The lowest BCUT2D eigenvalue weighted by Crippen LogP contribution is -2.21. The number of aryl methyl sites for hydroxylation is 2. The minimum atomic E-state index is -0.268. The number of amides is 1. The largest absolute Gasteiger partial charge is 0.295 e. The Morgan fingerprint density at radius 1 is 1.17 bits per heavy atom. The van der Waals surface area contributed by atoms with E-state index in [0.717, 1.165) is 11.3 Å². The van der Waals surface area contributed by atoms with E-state index in [1.807, 2.05) is 31.2 Å². The Kier molecular flexibility index (Phi) is 4.63. The van der Waals surface area contributed by atoms with Gasteiger partial charge in [-0.2, -0.15) is 14.2 Å². The molecule has 4 rings (SSSR count). The normalized spacial score (nSPS) is 11.1. The number of rotatable bonds is 5. The zero-order chi connectivity index (χ0) is 20.5. The molecule has 0 spiro atoms. The van der Waals surface area contributed by atoms with E-state index in [9.17, 15) is 9.59 Å². The van der Waals surface area contributed by atoms with Crippen LogP contribution in [0.3, 0.4) is 0 Å². The number of anilines is 1. The molecular formula is C18H19N9O2. The molecule has 0 aliphatic heterocycles. The molecule has 3 aromatic heterocycles. The van der Waals surface area contributed by atoms with Gasteiger partial charge in [0.1, 0.15) is 0 Å². The van der Waals surface area contributed by atoms with Crippen molar-refractivity contribution < 1.29 is 4.79 Å². The summed E-state index contributed by atoms with van der Waals surface area (Å²) in [5, 5.41) is 16.8. The summed E-state index contributed by atoms with van der Waals surface area (Å²) in [5.41, 5.74) is 2.66. The van der Waals surface area contributed by atoms with Crippen LogP contribution in [0.5, 0.6) is 0 Å². The van der Waals surface area contributed by atoms with Crippen molar-refractivity contribution in [3.8, 4) is 5.69 Å². The van der Waals surface area contributed by atoms with Crippen molar-refractivity contribution in [2.24, 2.45) is 0 Å². The molecule has 0 fully saturated rings. The number of fused-ring (bicyclic) bond motifs is 1. The molecule has 148 valence electrons. The van der Waals surface area contributed by atoms with Gasteiger partial charge >= 0.3 is 0 Å².